The number of nitrogens with zero attached hydrogens (tertiary/aromatic N) is 2. The predicted octanol–water partition coefficient (Wildman–Crippen LogP) is 0.856. The average Bonchev–Trinajstić information content (AvgIpc) is 2.52. The van der Waals surface area contributed by atoms with Crippen molar-refractivity contribution in [1.82, 2.24) is 15.3 Å². The number of carbonyl (C=O) groups excluding carboxylic acids is 1. The summed E-state index contributed by atoms with van der Waals surface area (Å²) in [5.74, 6) is 4.23. The molecular weight excluding hydrogens is 271 g/mol. The molecule has 5 nitrogen and oxygen atoms in total. The zero-order chi connectivity index (χ0) is 15.1. The van der Waals surface area contributed by atoms with E-state index < -0.39 is 5.82 Å². The van der Waals surface area contributed by atoms with Gasteiger partial charge in [0.25, 0.3) is 5.91 Å². The van der Waals surface area contributed by atoms with Crippen molar-refractivity contribution in [3.05, 3.63) is 59.4 Å². The van der Waals surface area contributed by atoms with E-state index in [2.05, 4.69) is 27.1 Å². The molecule has 3 N–H and O–H groups in total. The minimum absolute atomic E-state index is 0.153. The molecule has 106 valence electrons. The lowest BCUT2D eigenvalue weighted by Gasteiger charge is -2.05. The van der Waals surface area contributed by atoms with Crippen molar-refractivity contribution >= 4 is 5.91 Å². The molecule has 2 rings (SSSR count). The van der Waals surface area contributed by atoms with E-state index in [1.807, 2.05) is 0 Å². The van der Waals surface area contributed by atoms with E-state index in [0.717, 1.165) is 6.07 Å². The van der Waals surface area contributed by atoms with Gasteiger partial charge in [-0.1, -0.05) is 11.8 Å². The van der Waals surface area contributed by atoms with Gasteiger partial charge in [0.15, 0.2) is 0 Å². The lowest BCUT2D eigenvalue weighted by Crippen LogP contribution is -2.23. The third-order valence-electron chi connectivity index (χ3n) is 2.63. The topological polar surface area (TPSA) is 80.9 Å². The maximum absolute atomic E-state index is 13.8. The molecule has 0 aliphatic carbocycles. The van der Waals surface area contributed by atoms with E-state index in [9.17, 15) is 9.18 Å². The first kappa shape index (κ1) is 14.6. The van der Waals surface area contributed by atoms with Crippen molar-refractivity contribution in [2.45, 2.75) is 6.54 Å². The van der Waals surface area contributed by atoms with Crippen molar-refractivity contribution in [2.75, 3.05) is 6.54 Å². The standard InChI is InChI=1S/C15H13FN4O/c16-14-8-12(4-3-11(14)2-1-6-17)15(21)19-9-13-5-7-18-10-20-13/h3-5,7-8,10H,6,9,17H2,(H,19,21). The van der Waals surface area contributed by atoms with E-state index in [-0.39, 0.29) is 30.1 Å². The number of carbonyl (C=O) groups is 1. The molecule has 0 saturated carbocycles. The van der Waals surface area contributed by atoms with Crippen molar-refractivity contribution in [1.29, 1.82) is 0 Å². The van der Waals surface area contributed by atoms with Gasteiger partial charge >= 0.3 is 0 Å². The number of hydrogen-bond donors (Lipinski definition) is 2. The van der Waals surface area contributed by atoms with Gasteiger partial charge in [-0.05, 0) is 24.3 Å². The Morgan fingerprint density at radius 1 is 1.38 bits per heavy atom. The molecule has 0 saturated heterocycles. The molecule has 0 aliphatic rings. The molecule has 1 heterocycles. The minimum atomic E-state index is -0.550. The highest BCUT2D eigenvalue weighted by Crippen LogP contribution is 2.09. The number of halogens is 1. The zero-order valence-electron chi connectivity index (χ0n) is 11.1. The van der Waals surface area contributed by atoms with Crippen LogP contribution in [0, 0.1) is 17.7 Å². The summed E-state index contributed by atoms with van der Waals surface area (Å²) in [5, 5.41) is 2.65. The van der Waals surface area contributed by atoms with E-state index in [4.69, 9.17) is 5.73 Å². The number of aromatic nitrogens is 2. The van der Waals surface area contributed by atoms with E-state index in [1.54, 1.807) is 12.3 Å². The smallest absolute Gasteiger partial charge is 0.251 e. The Hall–Kier alpha value is -2.78. The van der Waals surface area contributed by atoms with E-state index in [0.29, 0.717) is 5.69 Å². The first-order chi connectivity index (χ1) is 10.2. The highest BCUT2D eigenvalue weighted by atomic mass is 19.1. The van der Waals surface area contributed by atoms with Gasteiger partial charge in [-0.3, -0.25) is 4.79 Å². The number of nitrogens with one attached hydrogen (secondary N) is 1. The van der Waals surface area contributed by atoms with Crippen LogP contribution >= 0.6 is 0 Å². The second-order valence-electron chi connectivity index (χ2n) is 4.08. The van der Waals surface area contributed by atoms with Gasteiger partial charge in [0.1, 0.15) is 12.1 Å². The Balaban J connectivity index is 2.04. The van der Waals surface area contributed by atoms with Crippen LogP contribution in [-0.4, -0.2) is 22.4 Å². The predicted molar refractivity (Wildman–Crippen MR) is 75.5 cm³/mol. The van der Waals surface area contributed by atoms with Crippen molar-refractivity contribution in [3.8, 4) is 11.8 Å². The highest BCUT2D eigenvalue weighted by Gasteiger charge is 2.09. The van der Waals surface area contributed by atoms with Crippen LogP contribution < -0.4 is 11.1 Å². The summed E-state index contributed by atoms with van der Waals surface area (Å²) in [7, 11) is 0. The molecule has 0 aliphatic heterocycles. The van der Waals surface area contributed by atoms with Crippen molar-refractivity contribution in [3.63, 3.8) is 0 Å². The van der Waals surface area contributed by atoms with Gasteiger partial charge in [-0.25, -0.2) is 14.4 Å². The van der Waals surface area contributed by atoms with Gasteiger partial charge in [0.2, 0.25) is 0 Å². The van der Waals surface area contributed by atoms with Crippen LogP contribution in [0.15, 0.2) is 36.8 Å². The maximum atomic E-state index is 13.8. The summed E-state index contributed by atoms with van der Waals surface area (Å²) >= 11 is 0. The van der Waals surface area contributed by atoms with Gasteiger partial charge < -0.3 is 11.1 Å². The van der Waals surface area contributed by atoms with Crippen LogP contribution in [0.3, 0.4) is 0 Å². The second kappa shape index (κ2) is 7.12. The third-order valence-corrected chi connectivity index (χ3v) is 2.63. The van der Waals surface area contributed by atoms with Gasteiger partial charge in [-0.2, -0.15) is 0 Å². The normalized spacial score (nSPS) is 9.62. The lowest BCUT2D eigenvalue weighted by molar-refractivity contribution is 0.0950. The monoisotopic (exact) mass is 284 g/mol. The summed E-state index contributed by atoms with van der Waals surface area (Å²) in [6, 6.07) is 5.80. The summed E-state index contributed by atoms with van der Waals surface area (Å²) in [6.45, 7) is 0.401. The molecule has 0 fully saturated rings. The number of hydrogen-bond acceptors (Lipinski definition) is 4. The molecule has 0 spiro atoms. The Labute approximate surface area is 121 Å². The van der Waals surface area contributed by atoms with Gasteiger partial charge in [-0.15, -0.1) is 0 Å². The minimum Gasteiger partial charge on any atom is -0.346 e. The lowest BCUT2D eigenvalue weighted by atomic mass is 10.1. The molecule has 0 bridgehead atoms. The van der Waals surface area contributed by atoms with Crippen LogP contribution in [0.4, 0.5) is 4.39 Å². The summed E-state index contributed by atoms with van der Waals surface area (Å²) in [4.78, 5) is 19.7. The molecule has 6 heteroatoms. The molecule has 0 unspecified atom stereocenters. The van der Waals surface area contributed by atoms with Crippen LogP contribution in [-0.2, 0) is 6.54 Å². The first-order valence-electron chi connectivity index (χ1n) is 6.22. The van der Waals surface area contributed by atoms with Gasteiger partial charge in [0.05, 0.1) is 24.3 Å². The Bertz CT molecular complexity index is 692. The van der Waals surface area contributed by atoms with Crippen LogP contribution in [0.25, 0.3) is 0 Å². The molecule has 1 aromatic carbocycles. The average molecular weight is 284 g/mol. The van der Waals surface area contributed by atoms with Crippen molar-refractivity contribution in [2.24, 2.45) is 5.73 Å². The number of amides is 1. The van der Waals surface area contributed by atoms with E-state index >= 15 is 0 Å². The molecule has 2 aromatic rings. The Morgan fingerprint density at radius 3 is 2.90 bits per heavy atom. The molecule has 0 radical (unpaired) electrons. The number of nitrogens with two attached hydrogens (primary N) is 1. The number of benzene rings is 1. The summed E-state index contributed by atoms with van der Waals surface area (Å²) < 4.78 is 13.8. The number of rotatable bonds is 3. The molecule has 21 heavy (non-hydrogen) atoms. The summed E-state index contributed by atoms with van der Waals surface area (Å²) in [5.41, 5.74) is 6.34. The van der Waals surface area contributed by atoms with Crippen LogP contribution in [0.1, 0.15) is 21.6 Å². The van der Waals surface area contributed by atoms with Crippen molar-refractivity contribution < 1.29 is 9.18 Å². The fourth-order valence-corrected chi connectivity index (χ4v) is 1.60. The fraction of sp³-hybridized carbons (Fsp3) is 0.133. The maximum Gasteiger partial charge on any atom is 0.251 e. The molecule has 1 aromatic heterocycles. The first-order valence-corrected chi connectivity index (χ1v) is 6.22. The fourth-order valence-electron chi connectivity index (χ4n) is 1.60. The molecule has 1 amide bonds. The largest absolute Gasteiger partial charge is 0.346 e. The zero-order valence-corrected chi connectivity index (χ0v) is 11.1. The van der Waals surface area contributed by atoms with Crippen LogP contribution in [0.5, 0.6) is 0 Å². The Kier molecular flexibility index (Phi) is 4.96. The second-order valence-corrected chi connectivity index (χ2v) is 4.08. The third kappa shape index (κ3) is 4.09. The van der Waals surface area contributed by atoms with Gasteiger partial charge in [0, 0.05) is 11.8 Å². The molecular formula is C15H13FN4O. The molecule has 0 atom stereocenters. The quantitative estimate of drug-likeness (QED) is 0.819. The summed E-state index contributed by atoms with van der Waals surface area (Å²) in [6.07, 6.45) is 2.98. The van der Waals surface area contributed by atoms with Crippen LogP contribution in [0.2, 0.25) is 0 Å². The van der Waals surface area contributed by atoms with E-state index in [1.165, 1.54) is 18.5 Å². The highest BCUT2D eigenvalue weighted by molar-refractivity contribution is 5.94. The Morgan fingerprint density at radius 2 is 2.24 bits per heavy atom. The SMILES string of the molecule is NCC#Cc1ccc(C(=O)NCc2ccncn2)cc1F.